The van der Waals surface area contributed by atoms with Gasteiger partial charge in [-0.2, -0.15) is 0 Å². The summed E-state index contributed by atoms with van der Waals surface area (Å²) in [6.45, 7) is 12.5. The molecule has 0 fully saturated rings. The number of thiazole rings is 1. The van der Waals surface area contributed by atoms with Crippen molar-refractivity contribution in [3.63, 3.8) is 0 Å². The van der Waals surface area contributed by atoms with Crippen LogP contribution in [0.4, 0.5) is 0 Å². The molecule has 0 bridgehead atoms. The highest BCUT2D eigenvalue weighted by Gasteiger charge is 2.34. The summed E-state index contributed by atoms with van der Waals surface area (Å²) < 4.78 is 13.2. The van der Waals surface area contributed by atoms with Gasteiger partial charge in [-0.1, -0.05) is 87.6 Å². The quantitative estimate of drug-likeness (QED) is 0.265. The van der Waals surface area contributed by atoms with E-state index in [0.29, 0.717) is 39.5 Å². The summed E-state index contributed by atoms with van der Waals surface area (Å²) in [5.74, 6) is 0.675. The van der Waals surface area contributed by atoms with Crippen molar-refractivity contribution in [3.05, 3.63) is 109 Å². The molecule has 4 rings (SSSR count). The summed E-state index contributed by atoms with van der Waals surface area (Å²) in [5, 5.41) is 0. The zero-order valence-corrected chi connectivity index (χ0v) is 23.2. The summed E-state index contributed by atoms with van der Waals surface area (Å²) in [7, 11) is 0. The molecule has 1 aliphatic heterocycles. The number of benzene rings is 2. The minimum absolute atomic E-state index is 0.184. The second kappa shape index (κ2) is 12.2. The van der Waals surface area contributed by atoms with Crippen LogP contribution in [-0.4, -0.2) is 23.8 Å². The van der Waals surface area contributed by atoms with Gasteiger partial charge in [0.2, 0.25) is 0 Å². The molecule has 0 N–H and O–H groups in total. The summed E-state index contributed by atoms with van der Waals surface area (Å²) in [6, 6.07) is 15.1. The molecule has 38 heavy (non-hydrogen) atoms. The van der Waals surface area contributed by atoms with Crippen LogP contribution in [-0.2, 0) is 9.53 Å². The van der Waals surface area contributed by atoms with Crippen LogP contribution in [0.5, 0.6) is 5.75 Å². The third-order valence-electron chi connectivity index (χ3n) is 6.36. The van der Waals surface area contributed by atoms with E-state index in [1.165, 1.54) is 16.9 Å². The first-order valence-electron chi connectivity index (χ1n) is 13.0. The lowest BCUT2D eigenvalue weighted by Crippen LogP contribution is -2.40. The lowest BCUT2D eigenvalue weighted by atomic mass is 9.92. The first kappa shape index (κ1) is 27.3. The van der Waals surface area contributed by atoms with Crippen LogP contribution in [0, 0.1) is 0 Å². The van der Waals surface area contributed by atoms with E-state index in [4.69, 9.17) is 14.5 Å². The molecule has 7 heteroatoms. The normalized spacial score (nSPS) is 15.3. The number of esters is 1. The number of hydrogen-bond acceptors (Lipinski definition) is 6. The molecular formula is C31H34N2O4S. The topological polar surface area (TPSA) is 69.9 Å². The standard InChI is InChI=1S/C31H34N2O4S/c1-6-9-25-27(30(35)36-8-3)28(23-14-12-22(13-15-23)20(4)5)33-29(34)26(38-31(33)32-25)19-21-10-16-24(17-11-21)37-18-7-2/h7,10-17,19-20,28H,2,6,8-9,18H2,1,3-5H3/b26-19-/t28-/m1/s1. The number of rotatable bonds is 10. The van der Waals surface area contributed by atoms with Gasteiger partial charge in [0.1, 0.15) is 12.4 Å². The summed E-state index contributed by atoms with van der Waals surface area (Å²) in [5.41, 5.74) is 3.86. The molecule has 0 saturated heterocycles. The van der Waals surface area contributed by atoms with Crippen LogP contribution in [0.2, 0.25) is 0 Å². The van der Waals surface area contributed by atoms with Gasteiger partial charge in [0.05, 0.1) is 28.5 Å². The Hall–Kier alpha value is -3.71. The number of nitrogens with zero attached hydrogens (tertiary/aromatic N) is 2. The number of carbonyl (C=O) groups is 1. The van der Waals surface area contributed by atoms with Crippen molar-refractivity contribution >= 4 is 23.4 Å². The number of hydrogen-bond donors (Lipinski definition) is 0. The second-order valence-electron chi connectivity index (χ2n) is 9.40. The van der Waals surface area contributed by atoms with Gasteiger partial charge < -0.3 is 9.47 Å². The third kappa shape index (κ3) is 5.73. The first-order valence-corrected chi connectivity index (χ1v) is 13.8. The fourth-order valence-corrected chi connectivity index (χ4v) is 5.49. The predicted octanol–water partition coefficient (Wildman–Crippen LogP) is 5.27. The molecule has 0 radical (unpaired) electrons. The fraction of sp³-hybridized carbons (Fsp3) is 0.323. The largest absolute Gasteiger partial charge is 0.490 e. The summed E-state index contributed by atoms with van der Waals surface area (Å²) in [6.07, 6.45) is 4.98. The van der Waals surface area contributed by atoms with Crippen molar-refractivity contribution in [2.24, 2.45) is 4.99 Å². The van der Waals surface area contributed by atoms with Crippen molar-refractivity contribution in [2.75, 3.05) is 13.2 Å². The number of fused-ring (bicyclic) bond motifs is 1. The molecule has 2 aromatic carbocycles. The fourth-order valence-electron chi connectivity index (χ4n) is 4.47. The van der Waals surface area contributed by atoms with E-state index in [1.807, 2.05) is 42.5 Å². The maximum absolute atomic E-state index is 13.8. The second-order valence-corrected chi connectivity index (χ2v) is 10.4. The zero-order valence-electron chi connectivity index (χ0n) is 22.4. The average Bonchev–Trinajstić information content (AvgIpc) is 3.22. The molecule has 0 spiro atoms. The number of aromatic nitrogens is 1. The van der Waals surface area contributed by atoms with Crippen LogP contribution in [0.25, 0.3) is 6.08 Å². The van der Waals surface area contributed by atoms with Gasteiger partial charge in [0.25, 0.3) is 5.56 Å². The van der Waals surface area contributed by atoms with Crippen LogP contribution in [0.1, 0.15) is 69.2 Å². The molecule has 6 nitrogen and oxygen atoms in total. The molecule has 198 valence electrons. The van der Waals surface area contributed by atoms with Gasteiger partial charge in [-0.15, -0.1) is 0 Å². The van der Waals surface area contributed by atoms with E-state index in [0.717, 1.165) is 23.3 Å². The predicted molar refractivity (Wildman–Crippen MR) is 152 cm³/mol. The lowest BCUT2D eigenvalue weighted by molar-refractivity contribution is -0.139. The van der Waals surface area contributed by atoms with Crippen LogP contribution in [0.15, 0.2) is 82.2 Å². The number of ether oxygens (including phenoxy) is 2. The third-order valence-corrected chi connectivity index (χ3v) is 7.34. The molecule has 0 aliphatic carbocycles. The van der Waals surface area contributed by atoms with Gasteiger partial charge in [0.15, 0.2) is 4.80 Å². The minimum Gasteiger partial charge on any atom is -0.490 e. The van der Waals surface area contributed by atoms with Gasteiger partial charge in [-0.3, -0.25) is 9.36 Å². The molecule has 0 unspecified atom stereocenters. The molecule has 0 saturated carbocycles. The number of carbonyl (C=O) groups excluding carboxylic acids is 1. The monoisotopic (exact) mass is 530 g/mol. The molecular weight excluding hydrogens is 496 g/mol. The Morgan fingerprint density at radius 2 is 1.84 bits per heavy atom. The van der Waals surface area contributed by atoms with Gasteiger partial charge in [0, 0.05) is 0 Å². The smallest absolute Gasteiger partial charge is 0.338 e. The minimum atomic E-state index is -0.607. The zero-order chi connectivity index (χ0) is 27.2. The van der Waals surface area contributed by atoms with E-state index < -0.39 is 12.0 Å². The van der Waals surface area contributed by atoms with Gasteiger partial charge >= 0.3 is 5.97 Å². The van der Waals surface area contributed by atoms with Crippen LogP contribution < -0.4 is 19.6 Å². The van der Waals surface area contributed by atoms with Crippen molar-refractivity contribution < 1.29 is 14.3 Å². The molecule has 1 aromatic heterocycles. The maximum Gasteiger partial charge on any atom is 0.338 e. The van der Waals surface area contributed by atoms with Crippen LogP contribution in [0.3, 0.4) is 0 Å². The van der Waals surface area contributed by atoms with E-state index in [1.54, 1.807) is 17.6 Å². The first-order chi connectivity index (χ1) is 18.4. The molecule has 3 aromatic rings. The Balaban J connectivity index is 1.88. The van der Waals surface area contributed by atoms with Crippen LogP contribution >= 0.6 is 11.3 Å². The van der Waals surface area contributed by atoms with E-state index in [-0.39, 0.29) is 12.2 Å². The van der Waals surface area contributed by atoms with Crippen molar-refractivity contribution in [1.29, 1.82) is 0 Å². The highest BCUT2D eigenvalue weighted by molar-refractivity contribution is 7.07. The highest BCUT2D eigenvalue weighted by Crippen LogP contribution is 2.33. The number of allylic oxidation sites excluding steroid dienone is 1. The summed E-state index contributed by atoms with van der Waals surface area (Å²) in [4.78, 5) is 32.5. The molecule has 1 aliphatic rings. The lowest BCUT2D eigenvalue weighted by Gasteiger charge is -2.26. The van der Waals surface area contributed by atoms with E-state index >= 15 is 0 Å². The Morgan fingerprint density at radius 1 is 1.13 bits per heavy atom. The van der Waals surface area contributed by atoms with Gasteiger partial charge in [-0.05, 0) is 54.2 Å². The van der Waals surface area contributed by atoms with Crippen molar-refractivity contribution in [1.82, 2.24) is 4.57 Å². The van der Waals surface area contributed by atoms with Crippen molar-refractivity contribution in [2.45, 2.75) is 52.5 Å². The Morgan fingerprint density at radius 3 is 2.45 bits per heavy atom. The Kier molecular flexibility index (Phi) is 8.79. The average molecular weight is 531 g/mol. The maximum atomic E-state index is 13.8. The Bertz CT molecular complexity index is 1510. The summed E-state index contributed by atoms with van der Waals surface area (Å²) >= 11 is 1.34. The molecule has 0 amide bonds. The van der Waals surface area contributed by atoms with E-state index in [9.17, 15) is 9.59 Å². The van der Waals surface area contributed by atoms with E-state index in [2.05, 4.69) is 39.5 Å². The van der Waals surface area contributed by atoms with Gasteiger partial charge in [-0.25, -0.2) is 9.79 Å². The Labute approximate surface area is 227 Å². The SMILES string of the molecule is C=CCOc1ccc(/C=c2\sc3n(c2=O)[C@H](c2ccc(C(C)C)cc2)C(C(=O)OCC)=C(CCC)N=3)cc1. The molecule has 1 atom stereocenters. The molecule has 2 heterocycles. The highest BCUT2D eigenvalue weighted by atomic mass is 32.1. The van der Waals surface area contributed by atoms with Crippen molar-refractivity contribution in [3.8, 4) is 5.75 Å².